The number of aliphatic hydroxyl groups is 1. The van der Waals surface area contributed by atoms with Gasteiger partial charge in [0, 0.05) is 10.9 Å². The van der Waals surface area contributed by atoms with Crippen LogP contribution in [0.2, 0.25) is 0 Å². The fourth-order valence-electron chi connectivity index (χ4n) is 1.23. The third-order valence-electron chi connectivity index (χ3n) is 2.03. The molecule has 0 aliphatic heterocycles. The molecular formula is C10H10BrF3O2. The van der Waals surface area contributed by atoms with E-state index < -0.39 is 18.7 Å². The van der Waals surface area contributed by atoms with Crippen LogP contribution >= 0.6 is 15.9 Å². The Bertz CT molecular complexity index is 366. The molecule has 0 bridgehead atoms. The highest BCUT2D eigenvalue weighted by molar-refractivity contribution is 9.10. The second-order valence-electron chi connectivity index (χ2n) is 3.22. The first kappa shape index (κ1) is 13.3. The van der Waals surface area contributed by atoms with E-state index in [-0.39, 0.29) is 0 Å². The first-order valence-corrected chi connectivity index (χ1v) is 5.21. The number of hydrogen-bond donors (Lipinski definition) is 1. The Morgan fingerprint density at radius 3 is 2.56 bits per heavy atom. The summed E-state index contributed by atoms with van der Waals surface area (Å²) in [4.78, 5) is 0. The Balaban J connectivity index is 2.91. The van der Waals surface area contributed by atoms with Crippen LogP contribution in [0.5, 0.6) is 5.75 Å². The Morgan fingerprint density at radius 1 is 1.44 bits per heavy atom. The van der Waals surface area contributed by atoms with Gasteiger partial charge in [0.15, 0.2) is 6.10 Å². The number of ether oxygens (including phenoxy) is 1. The zero-order valence-corrected chi connectivity index (χ0v) is 9.97. The van der Waals surface area contributed by atoms with Crippen molar-refractivity contribution in [1.82, 2.24) is 0 Å². The molecule has 0 aromatic heterocycles. The second kappa shape index (κ2) is 5.05. The van der Waals surface area contributed by atoms with E-state index in [1.807, 2.05) is 0 Å². The van der Waals surface area contributed by atoms with E-state index >= 15 is 0 Å². The lowest BCUT2D eigenvalue weighted by molar-refractivity contribution is -0.203. The molecule has 0 saturated heterocycles. The zero-order chi connectivity index (χ0) is 12.3. The predicted molar refractivity (Wildman–Crippen MR) is 56.5 cm³/mol. The van der Waals surface area contributed by atoms with E-state index in [9.17, 15) is 13.2 Å². The van der Waals surface area contributed by atoms with Gasteiger partial charge in [0.1, 0.15) is 5.75 Å². The summed E-state index contributed by atoms with van der Waals surface area (Å²) in [7, 11) is 1.37. The van der Waals surface area contributed by atoms with Gasteiger partial charge in [-0.15, -0.1) is 0 Å². The van der Waals surface area contributed by atoms with Gasteiger partial charge in [-0.2, -0.15) is 13.2 Å². The average Bonchev–Trinajstić information content (AvgIpc) is 2.16. The lowest BCUT2D eigenvalue weighted by atomic mass is 10.1. The van der Waals surface area contributed by atoms with Crippen LogP contribution in [0.4, 0.5) is 13.2 Å². The molecule has 90 valence electrons. The highest BCUT2D eigenvalue weighted by atomic mass is 79.9. The Morgan fingerprint density at radius 2 is 2.06 bits per heavy atom. The van der Waals surface area contributed by atoms with Crippen LogP contribution in [0.15, 0.2) is 22.7 Å². The molecule has 1 aromatic carbocycles. The van der Waals surface area contributed by atoms with Crippen LogP contribution in [0.25, 0.3) is 0 Å². The number of alkyl halides is 3. The van der Waals surface area contributed by atoms with Gasteiger partial charge >= 0.3 is 6.18 Å². The summed E-state index contributed by atoms with van der Waals surface area (Å²) in [6.45, 7) is 0. The van der Waals surface area contributed by atoms with Gasteiger partial charge in [-0.1, -0.05) is 15.9 Å². The van der Waals surface area contributed by atoms with E-state index in [0.29, 0.717) is 15.8 Å². The molecule has 0 unspecified atom stereocenters. The molecule has 16 heavy (non-hydrogen) atoms. The number of halogens is 4. The molecule has 0 fully saturated rings. The van der Waals surface area contributed by atoms with Gasteiger partial charge in [-0.25, -0.2) is 0 Å². The van der Waals surface area contributed by atoms with Crippen molar-refractivity contribution in [3.8, 4) is 5.75 Å². The summed E-state index contributed by atoms with van der Waals surface area (Å²) in [6, 6.07) is 4.69. The maximum Gasteiger partial charge on any atom is 0.414 e. The summed E-state index contributed by atoms with van der Waals surface area (Å²) in [5.41, 5.74) is 0.307. The molecule has 0 aliphatic carbocycles. The largest absolute Gasteiger partial charge is 0.496 e. The fourth-order valence-corrected chi connectivity index (χ4v) is 1.64. The first-order chi connectivity index (χ1) is 7.34. The number of benzene rings is 1. The molecule has 1 aromatic rings. The maximum atomic E-state index is 12.2. The summed E-state index contributed by atoms with van der Waals surface area (Å²) >= 11 is 3.15. The highest BCUT2D eigenvalue weighted by Crippen LogP contribution is 2.28. The Kier molecular flexibility index (Phi) is 4.21. The van der Waals surface area contributed by atoms with Crippen LogP contribution in [0.1, 0.15) is 5.56 Å². The van der Waals surface area contributed by atoms with E-state index in [1.165, 1.54) is 13.2 Å². The summed E-state index contributed by atoms with van der Waals surface area (Å²) < 4.78 is 42.1. The van der Waals surface area contributed by atoms with Crippen molar-refractivity contribution >= 4 is 15.9 Å². The smallest absolute Gasteiger partial charge is 0.414 e. The summed E-state index contributed by atoms with van der Waals surface area (Å²) in [5, 5.41) is 8.95. The minimum absolute atomic E-state index is 0.307. The van der Waals surface area contributed by atoms with Gasteiger partial charge in [0.05, 0.1) is 7.11 Å². The van der Waals surface area contributed by atoms with Gasteiger partial charge in [-0.05, 0) is 23.8 Å². The third kappa shape index (κ3) is 3.38. The van der Waals surface area contributed by atoms with Crippen LogP contribution in [-0.4, -0.2) is 24.5 Å². The monoisotopic (exact) mass is 298 g/mol. The van der Waals surface area contributed by atoms with E-state index in [0.717, 1.165) is 0 Å². The fraction of sp³-hybridized carbons (Fsp3) is 0.400. The molecule has 0 aliphatic rings. The molecule has 0 radical (unpaired) electrons. The number of hydrogen-bond acceptors (Lipinski definition) is 2. The van der Waals surface area contributed by atoms with Gasteiger partial charge in [0.2, 0.25) is 0 Å². The molecule has 0 saturated carbocycles. The average molecular weight is 299 g/mol. The summed E-state index contributed by atoms with van der Waals surface area (Å²) in [6.07, 6.45) is -7.52. The van der Waals surface area contributed by atoms with Gasteiger partial charge < -0.3 is 9.84 Å². The lowest BCUT2D eigenvalue weighted by Gasteiger charge is -2.16. The normalized spacial score (nSPS) is 13.6. The molecular weight excluding hydrogens is 289 g/mol. The maximum absolute atomic E-state index is 12.2. The minimum Gasteiger partial charge on any atom is -0.496 e. The lowest BCUT2D eigenvalue weighted by Crippen LogP contribution is -2.30. The van der Waals surface area contributed by atoms with Gasteiger partial charge in [-0.3, -0.25) is 0 Å². The molecule has 1 atom stereocenters. The number of rotatable bonds is 3. The van der Waals surface area contributed by atoms with Crippen molar-refractivity contribution in [1.29, 1.82) is 0 Å². The highest BCUT2D eigenvalue weighted by Gasteiger charge is 2.38. The van der Waals surface area contributed by atoms with E-state index in [4.69, 9.17) is 9.84 Å². The first-order valence-electron chi connectivity index (χ1n) is 4.42. The standard InChI is InChI=1S/C10H10BrF3O2/c1-16-8-3-2-7(11)4-6(8)5-9(15)10(12,13)14/h2-4,9,15H,5H2,1H3/t9-/m1/s1. The summed E-state index contributed by atoms with van der Waals surface area (Å²) in [5.74, 6) is 0.325. The minimum atomic E-state index is -4.62. The van der Waals surface area contributed by atoms with Crippen molar-refractivity contribution in [3.05, 3.63) is 28.2 Å². The van der Waals surface area contributed by atoms with Crippen LogP contribution in [0.3, 0.4) is 0 Å². The van der Waals surface area contributed by atoms with Crippen molar-refractivity contribution in [2.45, 2.75) is 18.7 Å². The number of aliphatic hydroxyl groups excluding tert-OH is 1. The molecule has 1 rings (SSSR count). The third-order valence-corrected chi connectivity index (χ3v) is 2.53. The van der Waals surface area contributed by atoms with Crippen molar-refractivity contribution in [3.63, 3.8) is 0 Å². The Hall–Kier alpha value is -0.750. The molecule has 2 nitrogen and oxygen atoms in total. The van der Waals surface area contributed by atoms with Gasteiger partial charge in [0.25, 0.3) is 0 Å². The second-order valence-corrected chi connectivity index (χ2v) is 4.13. The van der Waals surface area contributed by atoms with Crippen LogP contribution in [-0.2, 0) is 6.42 Å². The van der Waals surface area contributed by atoms with Crippen LogP contribution in [0, 0.1) is 0 Å². The van der Waals surface area contributed by atoms with E-state index in [2.05, 4.69) is 15.9 Å². The van der Waals surface area contributed by atoms with Crippen molar-refractivity contribution in [2.24, 2.45) is 0 Å². The molecule has 6 heteroatoms. The van der Waals surface area contributed by atoms with Crippen molar-refractivity contribution < 1.29 is 23.0 Å². The van der Waals surface area contributed by atoms with Crippen molar-refractivity contribution in [2.75, 3.05) is 7.11 Å². The quantitative estimate of drug-likeness (QED) is 0.930. The SMILES string of the molecule is COc1ccc(Br)cc1C[C@@H](O)C(F)(F)F. The molecule has 0 heterocycles. The Labute approximate surface area is 99.2 Å². The molecule has 1 N–H and O–H groups in total. The molecule has 0 spiro atoms. The predicted octanol–water partition coefficient (Wildman–Crippen LogP) is 2.92. The number of methoxy groups -OCH3 is 1. The zero-order valence-electron chi connectivity index (χ0n) is 8.38. The topological polar surface area (TPSA) is 29.5 Å². The van der Waals surface area contributed by atoms with Crippen LogP contribution < -0.4 is 4.74 Å². The molecule has 0 amide bonds. The van der Waals surface area contributed by atoms with E-state index in [1.54, 1.807) is 12.1 Å².